The molecular weight excluding hydrogens is 975 g/mol. The van der Waals surface area contributed by atoms with Crippen molar-refractivity contribution in [3.05, 3.63) is 48.6 Å². The minimum absolute atomic E-state index is 0.221. The Morgan fingerprint density at radius 1 is 0.467 bits per heavy atom. The number of hydrogen-bond acceptors (Lipinski definition) is 18. The van der Waals surface area contributed by atoms with Crippen molar-refractivity contribution in [2.75, 3.05) is 26.4 Å². The van der Waals surface area contributed by atoms with Gasteiger partial charge in [-0.25, -0.2) is 0 Å². The summed E-state index contributed by atoms with van der Waals surface area (Å²) in [7, 11) is 0. The lowest BCUT2D eigenvalue weighted by Gasteiger charge is -2.48. The fourth-order valence-electron chi connectivity index (χ4n) is 9.33. The number of hydrogen-bond donors (Lipinski definition) is 12. The molecule has 0 aromatic heterocycles. The van der Waals surface area contributed by atoms with Gasteiger partial charge in [0.05, 0.1) is 38.6 Å². The summed E-state index contributed by atoms with van der Waals surface area (Å²) in [6, 6.07) is -0.999. The van der Waals surface area contributed by atoms with Crippen LogP contribution < -0.4 is 5.32 Å². The molecule has 0 aliphatic carbocycles. The van der Waals surface area contributed by atoms with E-state index in [1.807, 2.05) is 6.08 Å². The molecule has 0 aromatic carbocycles. The van der Waals surface area contributed by atoms with Crippen LogP contribution >= 0.6 is 0 Å². The maximum Gasteiger partial charge on any atom is 0.220 e. The van der Waals surface area contributed by atoms with E-state index in [0.717, 1.165) is 64.2 Å². The Labute approximate surface area is 446 Å². The number of nitrogens with one attached hydrogen (secondary N) is 1. The van der Waals surface area contributed by atoms with Crippen LogP contribution in [0.15, 0.2) is 48.6 Å². The van der Waals surface area contributed by atoms with Crippen LogP contribution in [0.3, 0.4) is 0 Å². The van der Waals surface area contributed by atoms with Crippen molar-refractivity contribution in [2.45, 2.75) is 272 Å². The van der Waals surface area contributed by atoms with Gasteiger partial charge >= 0.3 is 0 Å². The van der Waals surface area contributed by atoms with Crippen LogP contribution in [0.25, 0.3) is 0 Å². The summed E-state index contributed by atoms with van der Waals surface area (Å²) in [5.41, 5.74) is 0. The van der Waals surface area contributed by atoms with Crippen molar-refractivity contribution in [3.8, 4) is 0 Å². The summed E-state index contributed by atoms with van der Waals surface area (Å²) < 4.78 is 34.1. The van der Waals surface area contributed by atoms with Crippen molar-refractivity contribution in [2.24, 2.45) is 0 Å². The van der Waals surface area contributed by atoms with Crippen molar-refractivity contribution in [1.29, 1.82) is 0 Å². The fraction of sp³-hybridized carbons (Fsp3) is 0.839. The molecule has 0 bridgehead atoms. The van der Waals surface area contributed by atoms with E-state index < -0.39 is 124 Å². The van der Waals surface area contributed by atoms with Crippen molar-refractivity contribution in [1.82, 2.24) is 5.32 Å². The highest BCUT2D eigenvalue weighted by molar-refractivity contribution is 5.76. The fourth-order valence-corrected chi connectivity index (χ4v) is 9.33. The molecule has 3 aliphatic rings. The van der Waals surface area contributed by atoms with Crippen LogP contribution in [0.2, 0.25) is 0 Å². The first-order chi connectivity index (χ1) is 36.3. The van der Waals surface area contributed by atoms with Gasteiger partial charge in [-0.1, -0.05) is 140 Å². The molecule has 1 amide bonds. The summed E-state index contributed by atoms with van der Waals surface area (Å²) >= 11 is 0. The van der Waals surface area contributed by atoms with Crippen LogP contribution in [0, 0.1) is 0 Å². The maximum atomic E-state index is 13.3. The van der Waals surface area contributed by atoms with E-state index in [1.165, 1.54) is 70.6 Å². The molecule has 19 nitrogen and oxygen atoms in total. The smallest absolute Gasteiger partial charge is 0.220 e. The molecule has 3 aliphatic heterocycles. The second kappa shape index (κ2) is 40.0. The average Bonchev–Trinajstić information content (AvgIpc) is 3.41. The Morgan fingerprint density at radius 2 is 0.853 bits per heavy atom. The molecule has 0 radical (unpaired) electrons. The molecule has 12 N–H and O–H groups in total. The van der Waals surface area contributed by atoms with E-state index >= 15 is 0 Å². The Morgan fingerprint density at radius 3 is 1.33 bits per heavy atom. The summed E-state index contributed by atoms with van der Waals surface area (Å²) in [5, 5.41) is 120. The summed E-state index contributed by atoms with van der Waals surface area (Å²) in [6.07, 6.45) is 15.3. The Balaban J connectivity index is 1.55. The molecule has 3 rings (SSSR count). The predicted molar refractivity (Wildman–Crippen MR) is 282 cm³/mol. The largest absolute Gasteiger partial charge is 0.394 e. The minimum atomic E-state index is -1.98. The third kappa shape index (κ3) is 24.8. The first-order valence-electron chi connectivity index (χ1n) is 28.4. The summed E-state index contributed by atoms with van der Waals surface area (Å²) in [6.45, 7) is 1.64. The molecule has 17 atom stereocenters. The average molecular weight is 1070 g/mol. The van der Waals surface area contributed by atoms with Crippen molar-refractivity contribution >= 4 is 5.91 Å². The number of unbranched alkanes of at least 4 members (excludes halogenated alkanes) is 18. The quantitative estimate of drug-likeness (QED) is 0.0306. The van der Waals surface area contributed by atoms with Gasteiger partial charge in [0.25, 0.3) is 0 Å². The highest BCUT2D eigenvalue weighted by atomic mass is 16.8. The topological polar surface area (TPSA) is 307 Å². The molecule has 19 heteroatoms. The number of carbonyl (C=O) groups excluding carboxylic acids is 1. The number of amides is 1. The van der Waals surface area contributed by atoms with Gasteiger partial charge in [0, 0.05) is 6.42 Å². The third-order valence-electron chi connectivity index (χ3n) is 14.1. The van der Waals surface area contributed by atoms with E-state index in [9.17, 15) is 61.0 Å². The standard InChI is InChI=1S/C56H99NO18/c1-3-5-7-9-11-13-15-17-19-21-23-25-27-29-31-33-40(61)39(57-44(62)34-32-30-28-26-24-22-20-18-16-14-12-10-8-6-4-2)38-70-54-50(68)47(65)52(42(36-59)72-54)75-56-51(69)48(66)53(43(37-60)73-56)74-55-49(67)46(64)45(63)41(35-58)71-55/h15,17-18,20,23,25,31,33,39-43,45-56,58-61,63-69H,3-14,16,19,21-22,24,26-30,32,34-38H2,1-2H3,(H,57,62)/b17-15+,20-18-,25-23+,33-31+. The summed E-state index contributed by atoms with van der Waals surface area (Å²) in [4.78, 5) is 13.3. The van der Waals surface area contributed by atoms with Crippen molar-refractivity contribution in [3.63, 3.8) is 0 Å². The molecule has 3 saturated heterocycles. The first-order valence-corrected chi connectivity index (χ1v) is 28.4. The number of aliphatic hydroxyl groups excluding tert-OH is 11. The van der Waals surface area contributed by atoms with Crippen LogP contribution in [0.1, 0.15) is 168 Å². The maximum absolute atomic E-state index is 13.3. The zero-order valence-electron chi connectivity index (χ0n) is 45.0. The van der Waals surface area contributed by atoms with Gasteiger partial charge in [-0.15, -0.1) is 0 Å². The molecular formula is C56H99NO18. The van der Waals surface area contributed by atoms with Gasteiger partial charge < -0.3 is 89.9 Å². The van der Waals surface area contributed by atoms with Gasteiger partial charge in [0.2, 0.25) is 5.91 Å². The second-order valence-electron chi connectivity index (χ2n) is 20.4. The minimum Gasteiger partial charge on any atom is -0.394 e. The Bertz CT molecular complexity index is 1570. The van der Waals surface area contributed by atoms with E-state index in [2.05, 4.69) is 55.6 Å². The van der Waals surface area contributed by atoms with E-state index in [-0.39, 0.29) is 18.9 Å². The molecule has 17 unspecified atom stereocenters. The number of allylic oxidation sites excluding steroid dienone is 7. The highest BCUT2D eigenvalue weighted by Gasteiger charge is 2.53. The number of ether oxygens (including phenoxy) is 6. The number of aliphatic hydroxyl groups is 11. The molecule has 0 saturated carbocycles. The normalized spacial score (nSPS) is 31.6. The molecule has 3 heterocycles. The highest BCUT2D eigenvalue weighted by Crippen LogP contribution is 2.33. The zero-order valence-corrected chi connectivity index (χ0v) is 45.0. The Kier molecular flexibility index (Phi) is 35.8. The number of carbonyl (C=O) groups is 1. The molecule has 75 heavy (non-hydrogen) atoms. The lowest BCUT2D eigenvalue weighted by Crippen LogP contribution is -2.66. The van der Waals surface area contributed by atoms with E-state index in [0.29, 0.717) is 12.8 Å². The monoisotopic (exact) mass is 1070 g/mol. The Hall–Kier alpha value is -2.25. The lowest BCUT2D eigenvalue weighted by molar-refractivity contribution is -0.379. The SMILES string of the molecule is CCCCCCC/C=C/CC/C=C/CC/C=C/C(O)C(COC1OC(CO)C(OC2OC(CO)C(OC3OC(CO)C(O)C(O)C3O)C(O)C2O)C(O)C1O)NC(=O)CCCCCCC/C=C\CCCCCCCC. The van der Waals surface area contributed by atoms with Crippen LogP contribution in [0.5, 0.6) is 0 Å². The third-order valence-corrected chi connectivity index (χ3v) is 14.1. The van der Waals surface area contributed by atoms with Gasteiger partial charge in [-0.3, -0.25) is 4.79 Å². The van der Waals surface area contributed by atoms with Crippen molar-refractivity contribution < 1.29 is 89.4 Å². The number of rotatable bonds is 40. The van der Waals surface area contributed by atoms with Crippen LogP contribution in [0.4, 0.5) is 0 Å². The molecule has 436 valence electrons. The first kappa shape index (κ1) is 67.0. The molecule has 3 fully saturated rings. The van der Waals surface area contributed by atoms with Crippen LogP contribution in [-0.2, 0) is 33.2 Å². The zero-order chi connectivity index (χ0) is 54.8. The van der Waals surface area contributed by atoms with Gasteiger partial charge in [0.15, 0.2) is 18.9 Å². The predicted octanol–water partition coefficient (Wildman–Crippen LogP) is 3.92. The summed E-state index contributed by atoms with van der Waals surface area (Å²) in [5.74, 6) is -0.302. The molecule has 0 spiro atoms. The van der Waals surface area contributed by atoms with E-state index in [4.69, 9.17) is 28.4 Å². The van der Waals surface area contributed by atoms with Crippen LogP contribution in [-0.4, -0.2) is 193 Å². The van der Waals surface area contributed by atoms with Gasteiger partial charge in [-0.05, 0) is 70.6 Å². The molecule has 0 aromatic rings. The van der Waals surface area contributed by atoms with Gasteiger partial charge in [-0.2, -0.15) is 0 Å². The van der Waals surface area contributed by atoms with E-state index in [1.54, 1.807) is 6.08 Å². The lowest BCUT2D eigenvalue weighted by atomic mass is 9.96. The van der Waals surface area contributed by atoms with Gasteiger partial charge in [0.1, 0.15) is 73.2 Å². The second-order valence-corrected chi connectivity index (χ2v) is 20.4.